The molecule has 1 heterocycles. The van der Waals surface area contributed by atoms with Crippen LogP contribution in [0.3, 0.4) is 0 Å². The highest BCUT2D eigenvalue weighted by atomic mass is 127. The second kappa shape index (κ2) is 13.2. The summed E-state index contributed by atoms with van der Waals surface area (Å²) in [6.07, 6.45) is 6.43. The van der Waals surface area contributed by atoms with Crippen LogP contribution in [0.1, 0.15) is 44.9 Å². The van der Waals surface area contributed by atoms with Crippen LogP contribution in [0.2, 0.25) is 0 Å². The van der Waals surface area contributed by atoms with Crippen molar-refractivity contribution >= 4 is 34.4 Å². The van der Waals surface area contributed by atoms with E-state index in [1.165, 1.54) is 6.42 Å². The number of benzene rings is 1. The number of ether oxygens (including phenoxy) is 2. The van der Waals surface area contributed by atoms with E-state index in [0.29, 0.717) is 43.4 Å². The summed E-state index contributed by atoms with van der Waals surface area (Å²) in [5.41, 5.74) is 0.457. The van der Waals surface area contributed by atoms with Gasteiger partial charge in [0.2, 0.25) is 11.8 Å². The predicted octanol–water partition coefficient (Wildman–Crippen LogP) is 2.65. The van der Waals surface area contributed by atoms with Gasteiger partial charge >= 0.3 is 0 Å². The second-order valence-corrected chi connectivity index (χ2v) is 11.2. The standard InChI is InChI=1S/C27H37IN2O6/c28-21-8-4-5-9-23(21)36-24-15-20(26(33)29-11-12-31)14-22(25(24)32)30(16-18-6-2-1-3-7-18)27(34)19-10-13-35-17-19/h4-5,8-9,15,18-19,22,24-25,31-32H,1-3,6-7,10-14,16-17H2,(H,29,33)/t19?,22-,24+,25+/m1/s1. The van der Waals surface area contributed by atoms with Crippen molar-refractivity contribution in [3.05, 3.63) is 39.5 Å². The number of carbonyl (C=O) groups is 2. The van der Waals surface area contributed by atoms with E-state index < -0.39 is 18.2 Å². The molecule has 1 aromatic rings. The molecule has 198 valence electrons. The van der Waals surface area contributed by atoms with Gasteiger partial charge in [-0.25, -0.2) is 0 Å². The largest absolute Gasteiger partial charge is 0.482 e. The molecule has 0 bridgehead atoms. The molecular formula is C27H37IN2O6. The second-order valence-electron chi connectivity index (χ2n) is 10.0. The first-order valence-electron chi connectivity index (χ1n) is 13.0. The number of nitrogens with one attached hydrogen (secondary N) is 1. The number of aliphatic hydroxyl groups is 2. The molecule has 1 unspecified atom stereocenters. The van der Waals surface area contributed by atoms with Crippen LogP contribution in [0.25, 0.3) is 0 Å². The molecule has 4 atom stereocenters. The predicted molar refractivity (Wildman–Crippen MR) is 143 cm³/mol. The van der Waals surface area contributed by atoms with Gasteiger partial charge in [-0.05, 0) is 66.0 Å². The fourth-order valence-corrected chi connectivity index (χ4v) is 5.98. The molecule has 3 N–H and O–H groups in total. The zero-order valence-corrected chi connectivity index (χ0v) is 22.8. The van der Waals surface area contributed by atoms with E-state index in [9.17, 15) is 19.8 Å². The topological polar surface area (TPSA) is 108 Å². The van der Waals surface area contributed by atoms with Gasteiger partial charge < -0.3 is 29.9 Å². The molecule has 0 radical (unpaired) electrons. The molecule has 4 rings (SSSR count). The number of nitrogens with zero attached hydrogens (tertiary/aromatic N) is 1. The highest BCUT2D eigenvalue weighted by Crippen LogP contribution is 2.33. The number of hydrogen-bond donors (Lipinski definition) is 3. The van der Waals surface area contributed by atoms with Gasteiger partial charge in [0, 0.05) is 31.7 Å². The van der Waals surface area contributed by atoms with Crippen molar-refractivity contribution in [2.24, 2.45) is 11.8 Å². The smallest absolute Gasteiger partial charge is 0.247 e. The lowest BCUT2D eigenvalue weighted by Crippen LogP contribution is -2.57. The Morgan fingerprint density at radius 1 is 1.17 bits per heavy atom. The number of halogens is 1. The Hall–Kier alpha value is -1.69. The van der Waals surface area contributed by atoms with Gasteiger partial charge in [-0.1, -0.05) is 31.4 Å². The first-order valence-corrected chi connectivity index (χ1v) is 14.1. The molecule has 1 saturated heterocycles. The third kappa shape index (κ3) is 6.79. The Morgan fingerprint density at radius 2 is 1.94 bits per heavy atom. The minimum Gasteiger partial charge on any atom is -0.482 e. The van der Waals surface area contributed by atoms with Gasteiger partial charge in [-0.2, -0.15) is 0 Å². The van der Waals surface area contributed by atoms with Crippen LogP contribution in [-0.2, 0) is 14.3 Å². The van der Waals surface area contributed by atoms with Crippen LogP contribution in [0.4, 0.5) is 0 Å². The fraction of sp³-hybridized carbons (Fsp3) is 0.630. The summed E-state index contributed by atoms with van der Waals surface area (Å²) in [6.45, 7) is 1.49. The normalized spacial score (nSPS) is 26.8. The quantitative estimate of drug-likeness (QED) is 0.371. The minimum absolute atomic E-state index is 0.00724. The number of aliphatic hydroxyl groups excluding tert-OH is 2. The molecule has 0 aromatic heterocycles. The van der Waals surface area contributed by atoms with Gasteiger partial charge in [-0.15, -0.1) is 0 Å². The number of rotatable bonds is 9. The molecule has 1 saturated carbocycles. The molecule has 3 aliphatic rings. The van der Waals surface area contributed by atoms with Gasteiger partial charge in [-0.3, -0.25) is 9.59 Å². The molecule has 2 aliphatic carbocycles. The van der Waals surface area contributed by atoms with Crippen LogP contribution in [0.15, 0.2) is 35.9 Å². The molecule has 9 heteroatoms. The van der Waals surface area contributed by atoms with Crippen LogP contribution in [-0.4, -0.2) is 78.1 Å². The Bertz CT molecular complexity index is 929. The van der Waals surface area contributed by atoms with Crippen LogP contribution < -0.4 is 10.1 Å². The molecular weight excluding hydrogens is 575 g/mol. The Balaban J connectivity index is 1.63. The third-order valence-corrected chi connectivity index (χ3v) is 8.35. The highest BCUT2D eigenvalue weighted by Gasteiger charge is 2.43. The lowest BCUT2D eigenvalue weighted by Gasteiger charge is -2.43. The van der Waals surface area contributed by atoms with E-state index in [4.69, 9.17) is 9.47 Å². The Kier molecular flexibility index (Phi) is 10.0. The average molecular weight is 613 g/mol. The SMILES string of the molecule is O=C(NCCO)C1=C[C@H](Oc2ccccc2I)[C@@H](O)[C@H](N(CC2CCCCC2)C(=O)C2CCOC2)C1. The van der Waals surface area contributed by atoms with Crippen molar-refractivity contribution < 1.29 is 29.3 Å². The lowest BCUT2D eigenvalue weighted by atomic mass is 9.84. The molecule has 1 aromatic carbocycles. The molecule has 0 spiro atoms. The van der Waals surface area contributed by atoms with Gasteiger partial charge in [0.1, 0.15) is 18.0 Å². The van der Waals surface area contributed by atoms with E-state index in [0.717, 1.165) is 29.3 Å². The van der Waals surface area contributed by atoms with Gasteiger partial charge in [0.05, 0.1) is 28.7 Å². The van der Waals surface area contributed by atoms with E-state index >= 15 is 0 Å². The molecule has 2 amide bonds. The number of para-hydroxylation sites is 1. The van der Waals surface area contributed by atoms with Crippen molar-refractivity contribution in [2.45, 2.75) is 63.2 Å². The first kappa shape index (κ1) is 27.3. The maximum Gasteiger partial charge on any atom is 0.247 e. The van der Waals surface area contributed by atoms with Gasteiger partial charge in [0.15, 0.2) is 0 Å². The monoisotopic (exact) mass is 612 g/mol. The van der Waals surface area contributed by atoms with Crippen LogP contribution >= 0.6 is 22.6 Å². The molecule has 1 aliphatic heterocycles. The van der Waals surface area contributed by atoms with Gasteiger partial charge in [0.25, 0.3) is 0 Å². The van der Waals surface area contributed by atoms with Crippen molar-refractivity contribution in [1.29, 1.82) is 0 Å². The summed E-state index contributed by atoms with van der Waals surface area (Å²) in [5.74, 6) is 0.444. The van der Waals surface area contributed by atoms with E-state index in [2.05, 4.69) is 27.9 Å². The molecule has 2 fully saturated rings. The Morgan fingerprint density at radius 3 is 2.64 bits per heavy atom. The van der Waals surface area contributed by atoms with Crippen molar-refractivity contribution in [3.8, 4) is 5.75 Å². The summed E-state index contributed by atoms with van der Waals surface area (Å²) in [4.78, 5) is 28.6. The summed E-state index contributed by atoms with van der Waals surface area (Å²) in [7, 11) is 0. The molecule has 36 heavy (non-hydrogen) atoms. The van der Waals surface area contributed by atoms with Crippen molar-refractivity contribution in [2.75, 3.05) is 32.9 Å². The van der Waals surface area contributed by atoms with Crippen LogP contribution in [0.5, 0.6) is 5.75 Å². The van der Waals surface area contributed by atoms with E-state index in [1.54, 1.807) is 6.08 Å². The highest BCUT2D eigenvalue weighted by molar-refractivity contribution is 14.1. The lowest BCUT2D eigenvalue weighted by molar-refractivity contribution is -0.144. The zero-order chi connectivity index (χ0) is 25.5. The zero-order valence-electron chi connectivity index (χ0n) is 20.6. The van der Waals surface area contributed by atoms with Crippen molar-refractivity contribution in [1.82, 2.24) is 10.2 Å². The summed E-state index contributed by atoms with van der Waals surface area (Å²) >= 11 is 2.18. The van der Waals surface area contributed by atoms with E-state index in [-0.39, 0.29) is 37.3 Å². The number of carbonyl (C=O) groups excluding carboxylic acids is 2. The fourth-order valence-electron chi connectivity index (χ4n) is 5.47. The number of amides is 2. The summed E-state index contributed by atoms with van der Waals surface area (Å²) in [6, 6.07) is 6.93. The average Bonchev–Trinajstić information content (AvgIpc) is 3.44. The maximum absolute atomic E-state index is 13.8. The first-order chi connectivity index (χ1) is 17.5. The van der Waals surface area contributed by atoms with Crippen LogP contribution in [0, 0.1) is 15.4 Å². The van der Waals surface area contributed by atoms with E-state index in [1.807, 2.05) is 29.2 Å². The minimum atomic E-state index is -0.995. The summed E-state index contributed by atoms with van der Waals surface area (Å²) in [5, 5.41) is 23.5. The summed E-state index contributed by atoms with van der Waals surface area (Å²) < 4.78 is 12.6. The van der Waals surface area contributed by atoms with Crippen molar-refractivity contribution in [3.63, 3.8) is 0 Å². The maximum atomic E-state index is 13.8. The number of hydrogen-bond acceptors (Lipinski definition) is 6. The Labute approximate surface area is 226 Å². The third-order valence-electron chi connectivity index (χ3n) is 7.46. The molecule has 8 nitrogen and oxygen atoms in total.